The number of nitrogens with zero attached hydrogens (tertiary/aromatic N) is 1. The van der Waals surface area contributed by atoms with Gasteiger partial charge in [0.05, 0.1) is 20.3 Å². The summed E-state index contributed by atoms with van der Waals surface area (Å²) in [4.78, 5) is 0. The lowest BCUT2D eigenvalue weighted by Gasteiger charge is -2.42. The molecule has 1 aromatic rings. The molecule has 20 heavy (non-hydrogen) atoms. The molecule has 1 unspecified atom stereocenters. The van der Waals surface area contributed by atoms with E-state index in [1.807, 2.05) is 6.07 Å². The van der Waals surface area contributed by atoms with Crippen molar-refractivity contribution in [3.63, 3.8) is 0 Å². The van der Waals surface area contributed by atoms with Crippen molar-refractivity contribution in [2.24, 2.45) is 0 Å². The van der Waals surface area contributed by atoms with E-state index in [4.69, 9.17) is 9.47 Å². The van der Waals surface area contributed by atoms with Crippen LogP contribution in [0.25, 0.3) is 0 Å². The zero-order valence-electron chi connectivity index (χ0n) is 13.1. The highest BCUT2D eigenvalue weighted by Gasteiger charge is 2.38. The third-order valence-corrected chi connectivity index (χ3v) is 4.12. The van der Waals surface area contributed by atoms with Crippen molar-refractivity contribution >= 4 is 0 Å². The molecule has 0 aliphatic carbocycles. The minimum atomic E-state index is -0.117. The summed E-state index contributed by atoms with van der Waals surface area (Å²) in [5.41, 5.74) is 2.26. The van der Waals surface area contributed by atoms with Crippen molar-refractivity contribution in [3.05, 3.63) is 23.3 Å². The molecular weight excluding hydrogens is 254 g/mol. The largest absolute Gasteiger partial charge is 0.493 e. The number of methoxy groups -OCH3 is 2. The van der Waals surface area contributed by atoms with Crippen molar-refractivity contribution in [2.45, 2.75) is 45.1 Å². The van der Waals surface area contributed by atoms with Crippen LogP contribution in [0.4, 0.5) is 0 Å². The molecule has 0 saturated carbocycles. The van der Waals surface area contributed by atoms with Gasteiger partial charge in [-0.3, -0.25) is 0 Å². The second-order valence-corrected chi connectivity index (χ2v) is 6.08. The Labute approximate surface area is 121 Å². The fourth-order valence-corrected chi connectivity index (χ4v) is 3.10. The van der Waals surface area contributed by atoms with E-state index < -0.39 is 0 Å². The van der Waals surface area contributed by atoms with Gasteiger partial charge in [-0.2, -0.15) is 5.06 Å². The number of hydroxylamine groups is 2. The summed E-state index contributed by atoms with van der Waals surface area (Å²) in [6.07, 6.45) is 1.95. The summed E-state index contributed by atoms with van der Waals surface area (Å²) in [5.74, 6) is 1.47. The monoisotopic (exact) mass is 279 g/mol. The first-order valence-corrected chi connectivity index (χ1v) is 7.16. The Balaban J connectivity index is 2.60. The van der Waals surface area contributed by atoms with Crippen molar-refractivity contribution in [1.82, 2.24) is 5.06 Å². The fourth-order valence-electron chi connectivity index (χ4n) is 3.10. The molecule has 4 heteroatoms. The second kappa shape index (κ2) is 5.62. The predicted octanol–water partition coefficient (Wildman–Crippen LogP) is 3.53. The Kier molecular flexibility index (Phi) is 4.25. The SMILES string of the molecule is CCCC1c2cc(OC)c(OC)cc2C(C)(C)CN1O. The number of hydrogen-bond donors (Lipinski definition) is 1. The van der Waals surface area contributed by atoms with Crippen molar-refractivity contribution in [1.29, 1.82) is 0 Å². The number of hydrogen-bond acceptors (Lipinski definition) is 4. The lowest BCUT2D eigenvalue weighted by molar-refractivity contribution is -0.149. The average molecular weight is 279 g/mol. The predicted molar refractivity (Wildman–Crippen MR) is 78.7 cm³/mol. The normalized spacial score (nSPS) is 21.4. The Morgan fingerprint density at radius 2 is 1.85 bits per heavy atom. The van der Waals surface area contributed by atoms with Crippen LogP contribution in [0.15, 0.2) is 12.1 Å². The van der Waals surface area contributed by atoms with Gasteiger partial charge in [0, 0.05) is 12.0 Å². The number of rotatable bonds is 4. The third kappa shape index (κ3) is 2.50. The zero-order valence-corrected chi connectivity index (χ0v) is 13.1. The molecule has 1 N–H and O–H groups in total. The summed E-state index contributed by atoms with van der Waals surface area (Å²) in [7, 11) is 3.30. The van der Waals surface area contributed by atoms with Gasteiger partial charge in [0.1, 0.15) is 0 Å². The van der Waals surface area contributed by atoms with E-state index in [0.717, 1.165) is 29.9 Å². The van der Waals surface area contributed by atoms with E-state index in [1.54, 1.807) is 14.2 Å². The summed E-state index contributed by atoms with van der Waals surface area (Å²) in [6.45, 7) is 7.04. The van der Waals surface area contributed by atoms with E-state index in [9.17, 15) is 5.21 Å². The summed E-state index contributed by atoms with van der Waals surface area (Å²) >= 11 is 0. The van der Waals surface area contributed by atoms with Crippen LogP contribution in [0.1, 0.15) is 50.8 Å². The van der Waals surface area contributed by atoms with Crippen molar-refractivity contribution in [2.75, 3.05) is 20.8 Å². The molecule has 1 aliphatic rings. The van der Waals surface area contributed by atoms with E-state index in [1.165, 1.54) is 10.6 Å². The maximum Gasteiger partial charge on any atom is 0.161 e. The van der Waals surface area contributed by atoms with Crippen molar-refractivity contribution in [3.8, 4) is 11.5 Å². The molecular formula is C16H25NO3. The minimum absolute atomic E-state index is 0.0304. The zero-order chi connectivity index (χ0) is 14.9. The van der Waals surface area contributed by atoms with E-state index in [2.05, 4.69) is 26.8 Å². The maximum atomic E-state index is 10.3. The highest BCUT2D eigenvalue weighted by atomic mass is 16.5. The highest BCUT2D eigenvalue weighted by Crippen LogP contribution is 2.45. The van der Waals surface area contributed by atoms with Crippen LogP contribution in [0.3, 0.4) is 0 Å². The Bertz CT molecular complexity index is 485. The van der Waals surface area contributed by atoms with Crippen molar-refractivity contribution < 1.29 is 14.7 Å². The van der Waals surface area contributed by atoms with Crippen LogP contribution < -0.4 is 9.47 Å². The molecule has 1 atom stereocenters. The number of benzene rings is 1. The molecule has 1 heterocycles. The Morgan fingerprint density at radius 1 is 1.25 bits per heavy atom. The van der Waals surface area contributed by atoms with Gasteiger partial charge < -0.3 is 14.7 Å². The maximum absolute atomic E-state index is 10.3. The molecule has 0 spiro atoms. The standard InChI is InChI=1S/C16H25NO3/c1-6-7-13-11-8-14(19-4)15(20-5)9-12(11)16(2,3)10-17(13)18/h8-9,13,18H,6-7,10H2,1-5H3. The lowest BCUT2D eigenvalue weighted by Crippen LogP contribution is -2.43. The molecule has 0 amide bonds. The molecule has 0 radical (unpaired) electrons. The smallest absolute Gasteiger partial charge is 0.161 e. The number of ether oxygens (including phenoxy) is 2. The first-order valence-electron chi connectivity index (χ1n) is 7.16. The first kappa shape index (κ1) is 15.1. The highest BCUT2D eigenvalue weighted by molar-refractivity contribution is 5.51. The van der Waals surface area contributed by atoms with Crippen LogP contribution in [0, 0.1) is 0 Å². The van der Waals surface area contributed by atoms with Gasteiger partial charge in [0.2, 0.25) is 0 Å². The van der Waals surface area contributed by atoms with Gasteiger partial charge in [0.15, 0.2) is 11.5 Å². The molecule has 0 fully saturated rings. The van der Waals surface area contributed by atoms with Crippen LogP contribution in [-0.4, -0.2) is 31.0 Å². The second-order valence-electron chi connectivity index (χ2n) is 6.08. The fraction of sp³-hybridized carbons (Fsp3) is 0.625. The number of fused-ring (bicyclic) bond motifs is 1. The summed E-state index contributed by atoms with van der Waals surface area (Å²) in [5, 5.41) is 11.8. The minimum Gasteiger partial charge on any atom is -0.493 e. The van der Waals surface area contributed by atoms with Gasteiger partial charge in [-0.15, -0.1) is 0 Å². The van der Waals surface area contributed by atoms with Crippen LogP contribution in [-0.2, 0) is 5.41 Å². The van der Waals surface area contributed by atoms with Gasteiger partial charge in [-0.1, -0.05) is 27.2 Å². The summed E-state index contributed by atoms with van der Waals surface area (Å²) in [6, 6.07) is 4.10. The molecule has 4 nitrogen and oxygen atoms in total. The molecule has 0 bridgehead atoms. The quantitative estimate of drug-likeness (QED) is 0.915. The molecule has 2 rings (SSSR count). The third-order valence-electron chi connectivity index (χ3n) is 4.12. The lowest BCUT2D eigenvalue weighted by atomic mass is 9.75. The molecule has 1 aliphatic heterocycles. The van der Waals surface area contributed by atoms with E-state index in [-0.39, 0.29) is 11.5 Å². The van der Waals surface area contributed by atoms with Gasteiger partial charge in [-0.25, -0.2) is 0 Å². The van der Waals surface area contributed by atoms with Crippen LogP contribution in [0.5, 0.6) is 11.5 Å². The van der Waals surface area contributed by atoms with Crippen LogP contribution in [0.2, 0.25) is 0 Å². The summed E-state index contributed by atoms with van der Waals surface area (Å²) < 4.78 is 10.8. The van der Waals surface area contributed by atoms with E-state index >= 15 is 0 Å². The Morgan fingerprint density at radius 3 is 2.40 bits per heavy atom. The molecule has 1 aromatic carbocycles. The molecule has 0 saturated heterocycles. The van der Waals surface area contributed by atoms with Gasteiger partial charge in [-0.05, 0) is 29.7 Å². The Hall–Kier alpha value is -1.26. The van der Waals surface area contributed by atoms with Gasteiger partial charge >= 0.3 is 0 Å². The first-order chi connectivity index (χ1) is 9.44. The topological polar surface area (TPSA) is 41.9 Å². The van der Waals surface area contributed by atoms with Crippen LogP contribution >= 0.6 is 0 Å². The van der Waals surface area contributed by atoms with E-state index in [0.29, 0.717) is 6.54 Å². The van der Waals surface area contributed by atoms with Gasteiger partial charge in [0.25, 0.3) is 0 Å². The molecule has 112 valence electrons. The molecule has 0 aromatic heterocycles. The average Bonchev–Trinajstić information content (AvgIpc) is 2.41.